The lowest BCUT2D eigenvalue weighted by Gasteiger charge is -2.04. The highest BCUT2D eigenvalue weighted by atomic mass is 32.2. The van der Waals surface area contributed by atoms with Crippen LogP contribution in [0.2, 0.25) is 0 Å². The predicted octanol–water partition coefficient (Wildman–Crippen LogP) is 1.06. The molecular weight excluding hydrogens is 404 g/mol. The molecule has 2 aromatic heterocycles. The van der Waals surface area contributed by atoms with E-state index in [9.17, 15) is 18.0 Å². The number of fused-ring (bicyclic) bond motifs is 1. The Morgan fingerprint density at radius 3 is 2.61 bits per heavy atom. The molecule has 0 spiro atoms. The zero-order valence-electron chi connectivity index (χ0n) is 15.7. The summed E-state index contributed by atoms with van der Waals surface area (Å²) in [6.45, 7) is 1.59. The summed E-state index contributed by atoms with van der Waals surface area (Å²) < 4.78 is 32.0. The first kappa shape index (κ1) is 20.0. The van der Waals surface area contributed by atoms with E-state index >= 15 is 0 Å². The standard InChI is InChI=1S/C17H18N4O5S2/c1-10-8-20(2)19-15(10)16(23)18-17-21(9-14(22)26-3)12-6-5-11(28(4,24)25)7-13(12)27-17/h5-8H,9H2,1-4H3. The number of methoxy groups -OCH3 is 1. The van der Waals surface area contributed by atoms with E-state index in [4.69, 9.17) is 4.74 Å². The number of aryl methyl sites for hydroxylation is 2. The molecule has 0 saturated carbocycles. The van der Waals surface area contributed by atoms with Crippen LogP contribution in [0, 0.1) is 6.92 Å². The third-order valence-electron chi connectivity index (χ3n) is 4.01. The molecule has 9 nitrogen and oxygen atoms in total. The summed E-state index contributed by atoms with van der Waals surface area (Å²) in [5, 5.41) is 4.11. The fourth-order valence-electron chi connectivity index (χ4n) is 2.67. The molecule has 3 rings (SSSR count). The molecule has 28 heavy (non-hydrogen) atoms. The molecule has 148 valence electrons. The molecule has 0 radical (unpaired) electrons. The first-order valence-corrected chi connectivity index (χ1v) is 10.8. The van der Waals surface area contributed by atoms with Crippen LogP contribution in [0.1, 0.15) is 16.1 Å². The minimum absolute atomic E-state index is 0.143. The number of hydrogen-bond donors (Lipinski definition) is 0. The van der Waals surface area contributed by atoms with Gasteiger partial charge in [0.1, 0.15) is 6.54 Å². The van der Waals surface area contributed by atoms with Gasteiger partial charge in [0.2, 0.25) is 0 Å². The van der Waals surface area contributed by atoms with E-state index in [1.165, 1.54) is 28.5 Å². The van der Waals surface area contributed by atoms with Crippen molar-refractivity contribution in [2.24, 2.45) is 12.0 Å². The van der Waals surface area contributed by atoms with Crippen molar-refractivity contribution in [1.29, 1.82) is 0 Å². The van der Waals surface area contributed by atoms with Crippen LogP contribution < -0.4 is 4.80 Å². The van der Waals surface area contributed by atoms with Gasteiger partial charge in [0.15, 0.2) is 20.3 Å². The van der Waals surface area contributed by atoms with E-state index in [1.807, 2.05) is 0 Å². The fourth-order valence-corrected chi connectivity index (χ4v) is 4.46. The number of benzene rings is 1. The molecule has 0 atom stereocenters. The number of esters is 1. The van der Waals surface area contributed by atoms with Gasteiger partial charge in [-0.3, -0.25) is 14.3 Å². The topological polar surface area (TPSA) is 113 Å². The minimum atomic E-state index is -3.40. The van der Waals surface area contributed by atoms with Gasteiger partial charge >= 0.3 is 5.97 Å². The summed E-state index contributed by atoms with van der Waals surface area (Å²) in [5.74, 6) is -1.07. The zero-order valence-corrected chi connectivity index (χ0v) is 17.3. The Hall–Kier alpha value is -2.79. The number of nitrogens with zero attached hydrogens (tertiary/aromatic N) is 4. The van der Waals surface area contributed by atoms with Gasteiger partial charge in [-0.15, -0.1) is 0 Å². The lowest BCUT2D eigenvalue weighted by molar-refractivity contribution is -0.141. The van der Waals surface area contributed by atoms with Gasteiger partial charge in [-0.05, 0) is 25.1 Å². The number of carbonyl (C=O) groups is 2. The number of hydrogen-bond acceptors (Lipinski definition) is 7. The van der Waals surface area contributed by atoms with E-state index in [-0.39, 0.29) is 21.9 Å². The quantitative estimate of drug-likeness (QED) is 0.581. The van der Waals surface area contributed by atoms with Gasteiger partial charge in [0, 0.05) is 25.1 Å². The zero-order chi connectivity index (χ0) is 20.6. The molecule has 0 unspecified atom stereocenters. The molecule has 2 heterocycles. The number of carbonyl (C=O) groups excluding carboxylic acids is 2. The van der Waals surface area contributed by atoms with Crippen molar-refractivity contribution in [1.82, 2.24) is 14.3 Å². The number of thiazole rings is 1. The molecule has 1 aromatic carbocycles. The van der Waals surface area contributed by atoms with Crippen molar-refractivity contribution in [3.05, 3.63) is 40.5 Å². The maximum Gasteiger partial charge on any atom is 0.325 e. The van der Waals surface area contributed by atoms with Crippen molar-refractivity contribution in [3.8, 4) is 0 Å². The van der Waals surface area contributed by atoms with E-state index in [0.29, 0.717) is 15.8 Å². The Morgan fingerprint density at radius 2 is 2.04 bits per heavy atom. The van der Waals surface area contributed by atoms with E-state index in [2.05, 4.69) is 10.1 Å². The second-order valence-electron chi connectivity index (χ2n) is 6.20. The minimum Gasteiger partial charge on any atom is -0.468 e. The maximum absolute atomic E-state index is 12.6. The highest BCUT2D eigenvalue weighted by Gasteiger charge is 2.17. The van der Waals surface area contributed by atoms with Crippen LogP contribution in [-0.2, 0) is 33.0 Å². The van der Waals surface area contributed by atoms with Crippen LogP contribution in [0.5, 0.6) is 0 Å². The molecule has 0 aliphatic rings. The first-order valence-electron chi connectivity index (χ1n) is 8.09. The van der Waals surface area contributed by atoms with E-state index in [1.54, 1.807) is 26.2 Å². The van der Waals surface area contributed by atoms with Gasteiger partial charge in [0.25, 0.3) is 5.91 Å². The van der Waals surface area contributed by atoms with E-state index < -0.39 is 21.7 Å². The average Bonchev–Trinajstić information content (AvgIpc) is 3.13. The number of aromatic nitrogens is 3. The lowest BCUT2D eigenvalue weighted by Crippen LogP contribution is -2.22. The molecule has 0 aliphatic heterocycles. The van der Waals surface area contributed by atoms with Crippen LogP contribution in [0.4, 0.5) is 0 Å². The van der Waals surface area contributed by atoms with Crippen LogP contribution >= 0.6 is 11.3 Å². The van der Waals surface area contributed by atoms with Crippen molar-refractivity contribution < 1.29 is 22.7 Å². The molecule has 1 amide bonds. The Balaban J connectivity index is 2.21. The molecule has 0 fully saturated rings. The molecular formula is C17H18N4O5S2. The Kier molecular flexibility index (Phi) is 5.22. The fraction of sp³-hybridized carbons (Fsp3) is 0.294. The lowest BCUT2D eigenvalue weighted by atomic mass is 10.3. The number of rotatable bonds is 4. The first-order chi connectivity index (χ1) is 13.1. The summed E-state index contributed by atoms with van der Waals surface area (Å²) >= 11 is 1.11. The molecule has 0 N–H and O–H groups in total. The van der Waals surface area contributed by atoms with Gasteiger partial charge in [-0.25, -0.2) is 8.42 Å². The third-order valence-corrected chi connectivity index (χ3v) is 6.16. The molecule has 0 aliphatic carbocycles. The summed E-state index contributed by atoms with van der Waals surface area (Å²) in [6.07, 6.45) is 2.82. The summed E-state index contributed by atoms with van der Waals surface area (Å²) in [4.78, 5) is 29.0. The van der Waals surface area contributed by atoms with Crippen molar-refractivity contribution in [2.75, 3.05) is 13.4 Å². The Morgan fingerprint density at radius 1 is 1.32 bits per heavy atom. The van der Waals surface area contributed by atoms with Gasteiger partial charge in [0.05, 0.1) is 22.2 Å². The molecule has 0 bridgehead atoms. The van der Waals surface area contributed by atoms with Crippen molar-refractivity contribution >= 4 is 43.3 Å². The summed E-state index contributed by atoms with van der Waals surface area (Å²) in [5.41, 5.74) is 1.46. The summed E-state index contributed by atoms with van der Waals surface area (Å²) in [6, 6.07) is 4.53. The highest BCUT2D eigenvalue weighted by Crippen LogP contribution is 2.22. The molecule has 0 saturated heterocycles. The normalized spacial score (nSPS) is 12.5. The van der Waals surface area contributed by atoms with Crippen molar-refractivity contribution in [3.63, 3.8) is 0 Å². The second-order valence-corrected chi connectivity index (χ2v) is 9.22. The Labute approximate surface area is 164 Å². The van der Waals surface area contributed by atoms with Gasteiger partial charge in [-0.2, -0.15) is 10.1 Å². The van der Waals surface area contributed by atoms with Crippen LogP contribution in [0.25, 0.3) is 10.2 Å². The van der Waals surface area contributed by atoms with Crippen LogP contribution in [0.15, 0.2) is 34.3 Å². The van der Waals surface area contributed by atoms with Crippen LogP contribution in [0.3, 0.4) is 0 Å². The highest BCUT2D eigenvalue weighted by molar-refractivity contribution is 7.90. The smallest absolute Gasteiger partial charge is 0.325 e. The maximum atomic E-state index is 12.6. The van der Waals surface area contributed by atoms with Crippen molar-refractivity contribution in [2.45, 2.75) is 18.4 Å². The number of amides is 1. The number of ether oxygens (including phenoxy) is 1. The monoisotopic (exact) mass is 422 g/mol. The molecule has 11 heteroatoms. The molecule has 3 aromatic rings. The largest absolute Gasteiger partial charge is 0.468 e. The number of sulfone groups is 1. The average molecular weight is 422 g/mol. The van der Waals surface area contributed by atoms with Gasteiger partial charge < -0.3 is 9.30 Å². The van der Waals surface area contributed by atoms with E-state index in [0.717, 1.165) is 17.6 Å². The Bertz CT molecular complexity index is 1260. The predicted molar refractivity (Wildman–Crippen MR) is 103 cm³/mol. The summed E-state index contributed by atoms with van der Waals surface area (Å²) in [7, 11) is -0.435. The van der Waals surface area contributed by atoms with Gasteiger partial charge in [-0.1, -0.05) is 11.3 Å². The third kappa shape index (κ3) is 3.90. The second kappa shape index (κ2) is 7.32. The van der Waals surface area contributed by atoms with Crippen LogP contribution in [-0.4, -0.2) is 48.0 Å². The SMILES string of the molecule is COC(=O)Cn1c(=NC(=O)c2nn(C)cc2C)sc2cc(S(C)(=O)=O)ccc21.